The molecule has 0 spiro atoms. The Morgan fingerprint density at radius 3 is 2.37 bits per heavy atom. The van der Waals surface area contributed by atoms with Crippen molar-refractivity contribution in [2.45, 2.75) is 44.2 Å². The minimum Gasteiger partial charge on any atom is -0.497 e. The normalized spacial score (nSPS) is 19.1. The number of carbonyl (C=O) groups excluding carboxylic acids is 1. The molecule has 0 aliphatic heterocycles. The highest BCUT2D eigenvalue weighted by molar-refractivity contribution is 5.85. The van der Waals surface area contributed by atoms with Crippen LogP contribution < -0.4 is 15.8 Å². The summed E-state index contributed by atoms with van der Waals surface area (Å²) >= 11 is 0. The van der Waals surface area contributed by atoms with Crippen LogP contribution in [0.15, 0.2) is 24.3 Å². The largest absolute Gasteiger partial charge is 0.497 e. The van der Waals surface area contributed by atoms with Gasteiger partial charge in [0.25, 0.3) is 0 Å². The molecule has 1 fully saturated rings. The molecule has 2 rings (SSSR count). The fourth-order valence-electron chi connectivity index (χ4n) is 2.70. The molecule has 1 atom stereocenters. The van der Waals surface area contributed by atoms with E-state index in [1.807, 2.05) is 31.2 Å². The molecule has 0 heterocycles. The van der Waals surface area contributed by atoms with Crippen molar-refractivity contribution in [3.8, 4) is 5.75 Å². The van der Waals surface area contributed by atoms with Crippen LogP contribution >= 0.6 is 0 Å². The lowest BCUT2D eigenvalue weighted by Crippen LogP contribution is -2.53. The third kappa shape index (κ3) is 2.89. The molecular weight excluding hydrogens is 240 g/mol. The first-order chi connectivity index (χ1) is 9.06. The number of carbonyl (C=O) groups is 1. The predicted octanol–water partition coefficient (Wildman–Crippen LogP) is 1.93. The quantitative estimate of drug-likeness (QED) is 0.852. The number of nitrogens with two attached hydrogens (primary N) is 1. The van der Waals surface area contributed by atoms with E-state index in [9.17, 15) is 4.79 Å². The standard InChI is InChI=1S/C15H22N2O2/c1-15(14(16)18,17-12-5-3-4-6-12)11-7-9-13(19-2)10-8-11/h7-10,12,17H,3-6H2,1-2H3,(H2,16,18). The average molecular weight is 262 g/mol. The van der Waals surface area contributed by atoms with Crippen molar-refractivity contribution in [1.29, 1.82) is 0 Å². The zero-order chi connectivity index (χ0) is 13.9. The van der Waals surface area contributed by atoms with Gasteiger partial charge in [0.1, 0.15) is 11.3 Å². The summed E-state index contributed by atoms with van der Waals surface area (Å²) in [4.78, 5) is 11.9. The first kappa shape index (κ1) is 13.9. The summed E-state index contributed by atoms with van der Waals surface area (Å²) in [5, 5.41) is 3.43. The Balaban J connectivity index is 2.23. The number of hydrogen-bond donors (Lipinski definition) is 2. The topological polar surface area (TPSA) is 64.3 Å². The molecule has 19 heavy (non-hydrogen) atoms. The van der Waals surface area contributed by atoms with Crippen LogP contribution in [0.5, 0.6) is 5.75 Å². The van der Waals surface area contributed by atoms with Gasteiger partial charge in [-0.3, -0.25) is 10.1 Å². The molecule has 1 aliphatic carbocycles. The van der Waals surface area contributed by atoms with E-state index in [2.05, 4.69) is 5.32 Å². The minimum atomic E-state index is -0.818. The molecule has 1 amide bonds. The second-order valence-electron chi connectivity index (χ2n) is 5.34. The summed E-state index contributed by atoms with van der Waals surface area (Å²) in [6.07, 6.45) is 4.66. The monoisotopic (exact) mass is 262 g/mol. The van der Waals surface area contributed by atoms with Gasteiger partial charge >= 0.3 is 0 Å². The molecule has 0 bridgehead atoms. The molecule has 0 saturated heterocycles. The molecule has 0 radical (unpaired) electrons. The fourth-order valence-corrected chi connectivity index (χ4v) is 2.70. The van der Waals surface area contributed by atoms with E-state index in [1.165, 1.54) is 12.8 Å². The number of rotatable bonds is 5. The molecule has 3 N–H and O–H groups in total. The lowest BCUT2D eigenvalue weighted by Gasteiger charge is -2.31. The maximum Gasteiger partial charge on any atom is 0.242 e. The highest BCUT2D eigenvalue weighted by Crippen LogP contribution is 2.27. The fraction of sp³-hybridized carbons (Fsp3) is 0.533. The molecule has 4 nitrogen and oxygen atoms in total. The van der Waals surface area contributed by atoms with Gasteiger partial charge in [-0.2, -0.15) is 0 Å². The summed E-state index contributed by atoms with van der Waals surface area (Å²) in [5.41, 5.74) is 5.68. The smallest absolute Gasteiger partial charge is 0.242 e. The Morgan fingerprint density at radius 2 is 1.89 bits per heavy atom. The van der Waals surface area contributed by atoms with Gasteiger partial charge in [0, 0.05) is 6.04 Å². The van der Waals surface area contributed by atoms with E-state index < -0.39 is 5.54 Å². The van der Waals surface area contributed by atoms with Crippen LogP contribution in [-0.4, -0.2) is 19.1 Å². The second-order valence-corrected chi connectivity index (χ2v) is 5.34. The van der Waals surface area contributed by atoms with Gasteiger partial charge in [0.2, 0.25) is 5.91 Å². The zero-order valence-corrected chi connectivity index (χ0v) is 11.6. The zero-order valence-electron chi connectivity index (χ0n) is 11.6. The maximum atomic E-state index is 11.9. The van der Waals surface area contributed by atoms with Crippen LogP contribution in [0.4, 0.5) is 0 Å². The molecule has 1 aromatic rings. The molecule has 1 aliphatic rings. The van der Waals surface area contributed by atoms with Gasteiger partial charge in [-0.15, -0.1) is 0 Å². The van der Waals surface area contributed by atoms with E-state index in [1.54, 1.807) is 7.11 Å². The van der Waals surface area contributed by atoms with Gasteiger partial charge < -0.3 is 10.5 Å². The highest BCUT2D eigenvalue weighted by atomic mass is 16.5. The Kier molecular flexibility index (Phi) is 4.10. The van der Waals surface area contributed by atoms with Gasteiger partial charge in [-0.05, 0) is 37.5 Å². The lowest BCUT2D eigenvalue weighted by molar-refractivity contribution is -0.124. The SMILES string of the molecule is COc1ccc(C(C)(NC2CCCC2)C(N)=O)cc1. The van der Waals surface area contributed by atoms with Crippen LogP contribution in [-0.2, 0) is 10.3 Å². The van der Waals surface area contributed by atoms with E-state index >= 15 is 0 Å². The Labute approximate surface area is 114 Å². The van der Waals surface area contributed by atoms with Gasteiger partial charge in [0.05, 0.1) is 7.11 Å². The summed E-state index contributed by atoms with van der Waals surface area (Å²) in [5.74, 6) is 0.431. The number of primary amides is 1. The van der Waals surface area contributed by atoms with Crippen molar-refractivity contribution in [2.75, 3.05) is 7.11 Å². The Bertz CT molecular complexity index is 438. The van der Waals surface area contributed by atoms with E-state index in [4.69, 9.17) is 10.5 Å². The molecule has 1 unspecified atom stereocenters. The number of hydrogen-bond acceptors (Lipinski definition) is 3. The molecule has 1 aromatic carbocycles. The molecule has 4 heteroatoms. The number of nitrogens with one attached hydrogen (secondary N) is 1. The van der Waals surface area contributed by atoms with Gasteiger partial charge in [0.15, 0.2) is 0 Å². The number of amides is 1. The predicted molar refractivity (Wildman–Crippen MR) is 74.9 cm³/mol. The minimum absolute atomic E-state index is 0.343. The second kappa shape index (κ2) is 5.61. The first-order valence-electron chi connectivity index (χ1n) is 6.78. The van der Waals surface area contributed by atoms with Crippen molar-refractivity contribution >= 4 is 5.91 Å². The van der Waals surface area contributed by atoms with Crippen LogP contribution in [0.1, 0.15) is 38.2 Å². The third-order valence-electron chi connectivity index (χ3n) is 4.01. The molecule has 104 valence electrons. The van der Waals surface area contributed by atoms with Crippen molar-refractivity contribution in [3.05, 3.63) is 29.8 Å². The molecule has 0 aromatic heterocycles. The summed E-state index contributed by atoms with van der Waals surface area (Å²) in [6, 6.07) is 7.87. The summed E-state index contributed by atoms with van der Waals surface area (Å²) < 4.78 is 5.14. The van der Waals surface area contributed by atoms with Gasteiger partial charge in [-0.25, -0.2) is 0 Å². The number of benzene rings is 1. The maximum absolute atomic E-state index is 11.9. The van der Waals surface area contributed by atoms with Crippen LogP contribution in [0.2, 0.25) is 0 Å². The Hall–Kier alpha value is -1.55. The average Bonchev–Trinajstić information content (AvgIpc) is 2.91. The summed E-state index contributed by atoms with van der Waals surface area (Å²) in [6.45, 7) is 1.86. The van der Waals surface area contributed by atoms with Crippen LogP contribution in [0.3, 0.4) is 0 Å². The van der Waals surface area contributed by atoms with Crippen molar-refractivity contribution < 1.29 is 9.53 Å². The van der Waals surface area contributed by atoms with Crippen molar-refractivity contribution in [2.24, 2.45) is 5.73 Å². The first-order valence-corrected chi connectivity index (χ1v) is 6.78. The van der Waals surface area contributed by atoms with Crippen LogP contribution in [0.25, 0.3) is 0 Å². The lowest BCUT2D eigenvalue weighted by atomic mass is 9.90. The Morgan fingerprint density at radius 1 is 1.32 bits per heavy atom. The molecular formula is C15H22N2O2. The molecule has 1 saturated carbocycles. The van der Waals surface area contributed by atoms with E-state index in [0.717, 1.165) is 24.2 Å². The van der Waals surface area contributed by atoms with Gasteiger partial charge in [-0.1, -0.05) is 25.0 Å². The number of ether oxygens (including phenoxy) is 1. The highest BCUT2D eigenvalue weighted by Gasteiger charge is 2.35. The van der Waals surface area contributed by atoms with Crippen molar-refractivity contribution in [3.63, 3.8) is 0 Å². The van der Waals surface area contributed by atoms with Crippen molar-refractivity contribution in [1.82, 2.24) is 5.32 Å². The third-order valence-corrected chi connectivity index (χ3v) is 4.01. The van der Waals surface area contributed by atoms with E-state index in [-0.39, 0.29) is 5.91 Å². The summed E-state index contributed by atoms with van der Waals surface area (Å²) in [7, 11) is 1.62. The van der Waals surface area contributed by atoms with Crippen LogP contribution in [0, 0.1) is 0 Å². The van der Waals surface area contributed by atoms with E-state index in [0.29, 0.717) is 6.04 Å². The number of methoxy groups -OCH3 is 1.